The number of benzene rings is 3. The second kappa shape index (κ2) is 9.66. The summed E-state index contributed by atoms with van der Waals surface area (Å²) in [6.07, 6.45) is 0.234. The predicted molar refractivity (Wildman–Crippen MR) is 138 cm³/mol. The molecule has 0 aliphatic rings. The summed E-state index contributed by atoms with van der Waals surface area (Å²) in [4.78, 5) is 27.0. The van der Waals surface area contributed by atoms with Gasteiger partial charge < -0.3 is 0 Å². The van der Waals surface area contributed by atoms with Gasteiger partial charge >= 0.3 is 0 Å². The Balaban J connectivity index is 2.00. The van der Waals surface area contributed by atoms with Crippen molar-refractivity contribution >= 4 is 42.5 Å². The average molecular weight is 539 g/mol. The molecule has 0 saturated carbocycles. The zero-order valence-corrected chi connectivity index (χ0v) is 21.1. The first-order valence-electron chi connectivity index (χ1n) is 10.7. The Labute approximate surface area is 206 Å². The summed E-state index contributed by atoms with van der Waals surface area (Å²) < 4.78 is 28.7. The van der Waals surface area contributed by atoms with Crippen molar-refractivity contribution in [3.63, 3.8) is 0 Å². The zero-order chi connectivity index (χ0) is 24.5. The molecule has 0 radical (unpaired) electrons. The van der Waals surface area contributed by atoms with E-state index < -0.39 is 10.0 Å². The lowest BCUT2D eigenvalue weighted by Gasteiger charge is -2.19. The maximum atomic E-state index is 13.6. The summed E-state index contributed by atoms with van der Waals surface area (Å²) in [5, 5.41) is 1.21. The van der Waals surface area contributed by atoms with Crippen LogP contribution in [-0.2, 0) is 16.6 Å². The lowest BCUT2D eigenvalue weighted by molar-refractivity contribution is 0.0979. The number of aromatic nitrogens is 1. The number of carbonyl (C=O) groups is 1. The van der Waals surface area contributed by atoms with Crippen LogP contribution in [0.2, 0.25) is 0 Å². The molecule has 8 heteroatoms. The standard InChI is InChI=1S/C26H23BrN2O4S/c1-3-23(30)25-24(18-7-5-4-6-8-18)22-15-19(27)11-14-21(22)26(31)29(25)16-17-9-12-20(13-10-17)34(32,33)28-2/h4-15,28H,3,16H2,1-2H3. The number of hydrogen-bond acceptors (Lipinski definition) is 4. The molecule has 1 N–H and O–H groups in total. The monoisotopic (exact) mass is 538 g/mol. The molecule has 3 aromatic carbocycles. The Hall–Kier alpha value is -3.07. The fourth-order valence-corrected chi connectivity index (χ4v) is 5.09. The van der Waals surface area contributed by atoms with Gasteiger partial charge in [-0.1, -0.05) is 65.3 Å². The molecule has 0 fully saturated rings. The SMILES string of the molecule is CCC(=O)c1c(-c2ccccc2)c2cc(Br)ccc2c(=O)n1Cc1ccc(S(=O)(=O)NC)cc1. The quantitative estimate of drug-likeness (QED) is 0.336. The number of nitrogens with one attached hydrogen (secondary N) is 1. The number of hydrogen-bond donors (Lipinski definition) is 1. The minimum Gasteiger partial charge on any atom is -0.300 e. The molecule has 4 aromatic rings. The number of rotatable bonds is 7. The van der Waals surface area contributed by atoms with Crippen LogP contribution >= 0.6 is 15.9 Å². The summed E-state index contributed by atoms with van der Waals surface area (Å²) in [6, 6.07) is 21.3. The van der Waals surface area contributed by atoms with Crippen molar-refractivity contribution in [1.29, 1.82) is 0 Å². The molecule has 0 amide bonds. The average Bonchev–Trinajstić information content (AvgIpc) is 2.85. The van der Waals surface area contributed by atoms with E-state index in [1.165, 1.54) is 23.7 Å². The smallest absolute Gasteiger partial charge is 0.259 e. The first kappa shape index (κ1) is 24.1. The summed E-state index contributed by atoms with van der Waals surface area (Å²) >= 11 is 3.50. The summed E-state index contributed by atoms with van der Waals surface area (Å²) in [5.74, 6) is -0.146. The maximum absolute atomic E-state index is 13.6. The van der Waals surface area contributed by atoms with E-state index in [2.05, 4.69) is 20.7 Å². The van der Waals surface area contributed by atoms with Crippen LogP contribution < -0.4 is 10.3 Å². The molecule has 0 saturated heterocycles. The highest BCUT2D eigenvalue weighted by molar-refractivity contribution is 9.10. The topological polar surface area (TPSA) is 85.2 Å². The molecule has 0 atom stereocenters. The van der Waals surface area contributed by atoms with Crippen molar-refractivity contribution in [2.24, 2.45) is 0 Å². The third kappa shape index (κ3) is 4.49. The molecule has 1 heterocycles. The van der Waals surface area contributed by atoms with Crippen LogP contribution in [-0.4, -0.2) is 25.8 Å². The van der Waals surface area contributed by atoms with E-state index in [0.29, 0.717) is 27.6 Å². The number of pyridine rings is 1. The molecule has 6 nitrogen and oxygen atoms in total. The highest BCUT2D eigenvalue weighted by atomic mass is 79.9. The van der Waals surface area contributed by atoms with Gasteiger partial charge in [0.2, 0.25) is 10.0 Å². The van der Waals surface area contributed by atoms with E-state index >= 15 is 0 Å². The van der Waals surface area contributed by atoms with E-state index in [0.717, 1.165) is 10.0 Å². The van der Waals surface area contributed by atoms with Crippen LogP contribution in [0.4, 0.5) is 0 Å². The third-order valence-corrected chi connectivity index (χ3v) is 7.65. The number of fused-ring (bicyclic) bond motifs is 1. The Morgan fingerprint density at radius 1 is 0.971 bits per heavy atom. The van der Waals surface area contributed by atoms with E-state index in [4.69, 9.17) is 0 Å². The lowest BCUT2D eigenvalue weighted by Crippen LogP contribution is -2.28. The number of nitrogens with zero attached hydrogens (tertiary/aromatic N) is 1. The molecule has 0 unspecified atom stereocenters. The van der Waals surface area contributed by atoms with Gasteiger partial charge in [-0.2, -0.15) is 0 Å². The van der Waals surface area contributed by atoms with Gasteiger partial charge in [-0.3, -0.25) is 14.2 Å². The summed E-state index contributed by atoms with van der Waals surface area (Å²) in [5.41, 5.74) is 2.32. The minimum absolute atomic E-state index is 0.129. The van der Waals surface area contributed by atoms with Crippen molar-refractivity contribution in [3.8, 4) is 11.1 Å². The van der Waals surface area contributed by atoms with E-state index in [1.807, 2.05) is 42.5 Å². The summed E-state index contributed by atoms with van der Waals surface area (Å²) in [6.45, 7) is 1.90. The van der Waals surface area contributed by atoms with Crippen LogP contribution in [0.15, 0.2) is 87.0 Å². The normalized spacial score (nSPS) is 11.6. The van der Waals surface area contributed by atoms with E-state index in [-0.39, 0.29) is 29.2 Å². The zero-order valence-electron chi connectivity index (χ0n) is 18.7. The predicted octanol–water partition coefficient (Wildman–Crippen LogP) is 4.98. The van der Waals surface area contributed by atoms with Crippen molar-refractivity contribution < 1.29 is 13.2 Å². The number of carbonyl (C=O) groups excluding carboxylic acids is 1. The first-order valence-corrected chi connectivity index (χ1v) is 13.0. The molecule has 34 heavy (non-hydrogen) atoms. The molecule has 0 bridgehead atoms. The van der Waals surface area contributed by atoms with Crippen molar-refractivity contribution in [3.05, 3.63) is 98.9 Å². The molecule has 1 aromatic heterocycles. The molecular formula is C26H23BrN2O4S. The Bertz CT molecular complexity index is 1540. The largest absolute Gasteiger partial charge is 0.300 e. The van der Waals surface area contributed by atoms with Gasteiger partial charge in [0.25, 0.3) is 5.56 Å². The van der Waals surface area contributed by atoms with Gasteiger partial charge in [0.15, 0.2) is 5.78 Å². The molecule has 0 aliphatic heterocycles. The highest BCUT2D eigenvalue weighted by Crippen LogP contribution is 2.33. The van der Waals surface area contributed by atoms with Crippen LogP contribution in [0.3, 0.4) is 0 Å². The van der Waals surface area contributed by atoms with Gasteiger partial charge in [-0.15, -0.1) is 0 Å². The van der Waals surface area contributed by atoms with Gasteiger partial charge in [-0.05, 0) is 53.9 Å². The van der Waals surface area contributed by atoms with Gasteiger partial charge in [0.1, 0.15) is 0 Å². The van der Waals surface area contributed by atoms with Crippen LogP contribution in [0, 0.1) is 0 Å². The van der Waals surface area contributed by atoms with Crippen molar-refractivity contribution in [2.75, 3.05) is 7.05 Å². The molecule has 0 aliphatic carbocycles. The van der Waals surface area contributed by atoms with Crippen molar-refractivity contribution in [1.82, 2.24) is 9.29 Å². The fraction of sp³-hybridized carbons (Fsp3) is 0.154. The Morgan fingerprint density at radius 3 is 2.26 bits per heavy atom. The molecule has 4 rings (SSSR count). The molecule has 0 spiro atoms. The second-order valence-electron chi connectivity index (χ2n) is 7.80. The van der Waals surface area contributed by atoms with Crippen LogP contribution in [0.25, 0.3) is 21.9 Å². The Morgan fingerprint density at radius 2 is 1.65 bits per heavy atom. The lowest BCUT2D eigenvalue weighted by atomic mass is 9.94. The Kier molecular flexibility index (Phi) is 6.84. The summed E-state index contributed by atoms with van der Waals surface area (Å²) in [7, 11) is -2.22. The van der Waals surface area contributed by atoms with Gasteiger partial charge in [0.05, 0.1) is 17.1 Å². The van der Waals surface area contributed by atoms with Crippen LogP contribution in [0.5, 0.6) is 0 Å². The third-order valence-electron chi connectivity index (χ3n) is 5.72. The fourth-order valence-electron chi connectivity index (χ4n) is 4.00. The van der Waals surface area contributed by atoms with Crippen molar-refractivity contribution in [2.45, 2.75) is 24.8 Å². The van der Waals surface area contributed by atoms with Crippen LogP contribution in [0.1, 0.15) is 29.4 Å². The van der Waals surface area contributed by atoms with Gasteiger partial charge in [0, 0.05) is 21.8 Å². The maximum Gasteiger partial charge on any atom is 0.259 e. The van der Waals surface area contributed by atoms with E-state index in [1.54, 1.807) is 25.1 Å². The molecule has 174 valence electrons. The number of halogens is 1. The highest BCUT2D eigenvalue weighted by Gasteiger charge is 2.23. The first-order chi connectivity index (χ1) is 16.3. The minimum atomic E-state index is -3.57. The number of ketones is 1. The second-order valence-corrected chi connectivity index (χ2v) is 10.6. The molecular weight excluding hydrogens is 516 g/mol. The number of sulfonamides is 1. The van der Waals surface area contributed by atoms with E-state index in [9.17, 15) is 18.0 Å². The van der Waals surface area contributed by atoms with Gasteiger partial charge in [-0.25, -0.2) is 13.1 Å². The number of Topliss-reactive ketones (excluding diaryl/α,β-unsaturated/α-hetero) is 1.